The second-order valence-electron chi connectivity index (χ2n) is 7.33. The maximum absolute atomic E-state index is 12.6. The van der Waals surface area contributed by atoms with Crippen LogP contribution in [0, 0.1) is 13.8 Å². The van der Waals surface area contributed by atoms with Gasteiger partial charge in [-0.3, -0.25) is 9.78 Å². The second kappa shape index (κ2) is 8.43. The van der Waals surface area contributed by atoms with Gasteiger partial charge in [-0.1, -0.05) is 17.3 Å². The van der Waals surface area contributed by atoms with E-state index in [-0.39, 0.29) is 5.91 Å². The molecular weight excluding hydrogens is 366 g/mol. The molecule has 1 aromatic carbocycles. The fourth-order valence-electron chi connectivity index (χ4n) is 3.62. The van der Waals surface area contributed by atoms with Gasteiger partial charge < -0.3 is 14.3 Å². The van der Waals surface area contributed by atoms with E-state index in [1.807, 2.05) is 17.0 Å². The molecule has 0 unspecified atom stereocenters. The minimum absolute atomic E-state index is 0.134. The van der Waals surface area contributed by atoms with E-state index in [2.05, 4.69) is 52.1 Å². The zero-order chi connectivity index (χ0) is 20.2. The SMILES string of the molecule is Cc1cccc(N2CCN(C(=O)CCc3nc(-c4ccncc4)no3)CC2)c1C. The molecule has 7 nitrogen and oxygen atoms in total. The van der Waals surface area contributed by atoms with Crippen LogP contribution in [0.1, 0.15) is 23.4 Å². The van der Waals surface area contributed by atoms with Crippen molar-refractivity contribution in [2.75, 3.05) is 31.1 Å². The number of piperazine rings is 1. The third-order valence-electron chi connectivity index (χ3n) is 5.51. The van der Waals surface area contributed by atoms with Crippen LogP contribution in [0.2, 0.25) is 0 Å². The van der Waals surface area contributed by atoms with Gasteiger partial charge in [-0.15, -0.1) is 0 Å². The summed E-state index contributed by atoms with van der Waals surface area (Å²) < 4.78 is 5.30. The Morgan fingerprint density at radius 1 is 1.07 bits per heavy atom. The van der Waals surface area contributed by atoms with Crippen LogP contribution in [0.15, 0.2) is 47.2 Å². The van der Waals surface area contributed by atoms with Crippen molar-refractivity contribution in [3.05, 3.63) is 59.7 Å². The van der Waals surface area contributed by atoms with Gasteiger partial charge in [0, 0.05) is 62.7 Å². The first-order chi connectivity index (χ1) is 14.1. The van der Waals surface area contributed by atoms with Crippen molar-refractivity contribution < 1.29 is 9.32 Å². The quantitative estimate of drug-likeness (QED) is 0.665. The summed E-state index contributed by atoms with van der Waals surface area (Å²) >= 11 is 0. The first-order valence-corrected chi connectivity index (χ1v) is 9.94. The van der Waals surface area contributed by atoms with Crippen LogP contribution < -0.4 is 4.90 Å². The number of hydrogen-bond donors (Lipinski definition) is 0. The van der Waals surface area contributed by atoms with Crippen molar-refractivity contribution in [1.82, 2.24) is 20.0 Å². The van der Waals surface area contributed by atoms with Crippen LogP contribution >= 0.6 is 0 Å². The van der Waals surface area contributed by atoms with Gasteiger partial charge >= 0.3 is 0 Å². The zero-order valence-electron chi connectivity index (χ0n) is 16.8. The molecule has 1 saturated heterocycles. The van der Waals surface area contributed by atoms with Crippen molar-refractivity contribution >= 4 is 11.6 Å². The number of benzene rings is 1. The van der Waals surface area contributed by atoms with Gasteiger partial charge in [0.2, 0.25) is 17.6 Å². The molecule has 29 heavy (non-hydrogen) atoms. The number of aryl methyl sites for hydroxylation is 2. The van der Waals surface area contributed by atoms with E-state index < -0.39 is 0 Å². The van der Waals surface area contributed by atoms with E-state index >= 15 is 0 Å². The van der Waals surface area contributed by atoms with Crippen LogP contribution in [0.4, 0.5) is 5.69 Å². The van der Waals surface area contributed by atoms with Gasteiger partial charge in [-0.2, -0.15) is 4.98 Å². The smallest absolute Gasteiger partial charge is 0.227 e. The molecule has 2 aromatic heterocycles. The van der Waals surface area contributed by atoms with Crippen molar-refractivity contribution in [1.29, 1.82) is 0 Å². The molecule has 0 saturated carbocycles. The zero-order valence-corrected chi connectivity index (χ0v) is 16.8. The molecule has 0 aliphatic carbocycles. The largest absolute Gasteiger partial charge is 0.368 e. The molecule has 1 aliphatic heterocycles. The van der Waals surface area contributed by atoms with E-state index in [0.717, 1.165) is 31.7 Å². The molecule has 3 heterocycles. The Kier molecular flexibility index (Phi) is 5.55. The maximum atomic E-state index is 12.6. The lowest BCUT2D eigenvalue weighted by molar-refractivity contribution is -0.131. The van der Waals surface area contributed by atoms with Crippen molar-refractivity contribution in [2.24, 2.45) is 0 Å². The summed E-state index contributed by atoms with van der Waals surface area (Å²) in [7, 11) is 0. The molecule has 1 amide bonds. The van der Waals surface area contributed by atoms with Crippen molar-refractivity contribution in [2.45, 2.75) is 26.7 Å². The summed E-state index contributed by atoms with van der Waals surface area (Å²) in [4.78, 5) is 25.3. The number of nitrogens with zero attached hydrogens (tertiary/aromatic N) is 5. The summed E-state index contributed by atoms with van der Waals surface area (Å²) in [6, 6.07) is 10.1. The average molecular weight is 391 g/mol. The fraction of sp³-hybridized carbons (Fsp3) is 0.364. The van der Waals surface area contributed by atoms with Crippen LogP contribution in [0.3, 0.4) is 0 Å². The van der Waals surface area contributed by atoms with E-state index in [0.29, 0.717) is 24.6 Å². The Hall–Kier alpha value is -3.22. The molecule has 150 valence electrons. The number of hydrogen-bond acceptors (Lipinski definition) is 6. The fourth-order valence-corrected chi connectivity index (χ4v) is 3.62. The number of rotatable bonds is 5. The molecule has 7 heteroatoms. The van der Waals surface area contributed by atoms with E-state index in [4.69, 9.17) is 4.52 Å². The summed E-state index contributed by atoms with van der Waals surface area (Å²) in [5.74, 6) is 1.14. The lowest BCUT2D eigenvalue weighted by atomic mass is 10.1. The van der Waals surface area contributed by atoms with Crippen LogP contribution in [-0.4, -0.2) is 52.1 Å². The molecule has 3 aromatic rings. The topological polar surface area (TPSA) is 75.4 Å². The third kappa shape index (κ3) is 4.29. The predicted octanol–water partition coefficient (Wildman–Crippen LogP) is 3.03. The first-order valence-electron chi connectivity index (χ1n) is 9.94. The van der Waals surface area contributed by atoms with Crippen molar-refractivity contribution in [3.63, 3.8) is 0 Å². The Morgan fingerprint density at radius 2 is 1.83 bits per heavy atom. The number of pyridine rings is 1. The maximum Gasteiger partial charge on any atom is 0.227 e. The van der Waals surface area contributed by atoms with E-state index in [1.165, 1.54) is 16.8 Å². The monoisotopic (exact) mass is 391 g/mol. The molecule has 0 bridgehead atoms. The van der Waals surface area contributed by atoms with Crippen molar-refractivity contribution in [3.8, 4) is 11.4 Å². The van der Waals surface area contributed by atoms with E-state index in [9.17, 15) is 4.79 Å². The number of aromatic nitrogens is 3. The van der Waals surface area contributed by atoms with Gasteiger partial charge in [0.1, 0.15) is 0 Å². The third-order valence-corrected chi connectivity index (χ3v) is 5.51. The second-order valence-corrected chi connectivity index (χ2v) is 7.33. The van der Waals surface area contributed by atoms with Gasteiger partial charge in [0.25, 0.3) is 0 Å². The highest BCUT2D eigenvalue weighted by Gasteiger charge is 2.22. The first kappa shape index (κ1) is 19.1. The molecule has 0 spiro atoms. The highest BCUT2D eigenvalue weighted by molar-refractivity contribution is 5.76. The molecule has 0 radical (unpaired) electrons. The van der Waals surface area contributed by atoms with Crippen LogP contribution in [-0.2, 0) is 11.2 Å². The highest BCUT2D eigenvalue weighted by atomic mass is 16.5. The minimum atomic E-state index is 0.134. The Balaban J connectivity index is 1.29. The summed E-state index contributed by atoms with van der Waals surface area (Å²) in [5.41, 5.74) is 4.73. The van der Waals surface area contributed by atoms with Gasteiger partial charge in [0.05, 0.1) is 0 Å². The molecule has 0 N–H and O–H groups in total. The summed E-state index contributed by atoms with van der Waals surface area (Å²) in [5, 5.41) is 3.99. The van der Waals surface area contributed by atoms with Gasteiger partial charge in [-0.05, 0) is 43.2 Å². The standard InChI is InChI=1S/C22H25N5O2/c1-16-4-3-5-19(17(16)2)26-12-14-27(15-13-26)21(28)7-6-20-24-22(25-29-20)18-8-10-23-11-9-18/h3-5,8-11H,6-7,12-15H2,1-2H3. The summed E-state index contributed by atoms with van der Waals surface area (Å²) in [6.07, 6.45) is 4.20. The average Bonchev–Trinajstić information content (AvgIpc) is 3.24. The van der Waals surface area contributed by atoms with Crippen LogP contribution in [0.5, 0.6) is 0 Å². The Morgan fingerprint density at radius 3 is 2.59 bits per heavy atom. The number of carbonyl (C=O) groups excluding carboxylic acids is 1. The lowest BCUT2D eigenvalue weighted by Gasteiger charge is -2.37. The molecule has 4 rings (SSSR count). The van der Waals surface area contributed by atoms with Gasteiger partial charge in [-0.25, -0.2) is 0 Å². The van der Waals surface area contributed by atoms with Crippen LogP contribution in [0.25, 0.3) is 11.4 Å². The normalized spacial score (nSPS) is 14.3. The molecule has 1 fully saturated rings. The highest BCUT2D eigenvalue weighted by Crippen LogP contribution is 2.24. The summed E-state index contributed by atoms with van der Waals surface area (Å²) in [6.45, 7) is 7.46. The molecular formula is C22H25N5O2. The Bertz CT molecular complexity index is 978. The molecule has 1 aliphatic rings. The number of carbonyl (C=O) groups is 1. The predicted molar refractivity (Wildman–Crippen MR) is 111 cm³/mol. The molecule has 0 atom stereocenters. The lowest BCUT2D eigenvalue weighted by Crippen LogP contribution is -2.49. The Labute approximate surface area is 170 Å². The number of anilines is 1. The minimum Gasteiger partial charge on any atom is -0.368 e. The van der Waals surface area contributed by atoms with E-state index in [1.54, 1.807) is 12.4 Å². The number of amides is 1. The van der Waals surface area contributed by atoms with Gasteiger partial charge in [0.15, 0.2) is 0 Å².